The second-order valence-electron chi connectivity index (χ2n) is 3.80. The number of carbonyl (C=O) groups is 1. The lowest BCUT2D eigenvalue weighted by Gasteiger charge is -2.14. The van der Waals surface area contributed by atoms with E-state index in [1.807, 2.05) is 30.3 Å². The van der Waals surface area contributed by atoms with Gasteiger partial charge in [-0.05, 0) is 5.56 Å². The van der Waals surface area contributed by atoms with Crippen LogP contribution in [0.25, 0.3) is 0 Å². The molecule has 17 heavy (non-hydrogen) atoms. The summed E-state index contributed by atoms with van der Waals surface area (Å²) in [6.45, 7) is 0.0931. The molecule has 0 spiro atoms. The van der Waals surface area contributed by atoms with Crippen molar-refractivity contribution < 1.29 is 4.79 Å². The van der Waals surface area contributed by atoms with Gasteiger partial charge in [0.1, 0.15) is 6.54 Å². The van der Waals surface area contributed by atoms with Crippen LogP contribution in [-0.2, 0) is 11.3 Å². The molecule has 0 aliphatic carbocycles. The lowest BCUT2D eigenvalue weighted by Crippen LogP contribution is -2.23. The molecule has 0 saturated heterocycles. The molecule has 2 rings (SSSR count). The minimum Gasteiger partial charge on any atom is -0.368 e. The number of benzene rings is 1. The minimum absolute atomic E-state index is 0.0931. The maximum atomic E-state index is 10.9. The molecule has 0 aliphatic heterocycles. The number of nitrogens with two attached hydrogens (primary N) is 2. The molecule has 0 radical (unpaired) electrons. The van der Waals surface area contributed by atoms with Gasteiger partial charge in [-0.25, -0.2) is 4.98 Å². The standard InChI is InChI=1S/C12H14N4O/c13-11(17)7-16-8-15-6-10(16)12(14)9-4-2-1-3-5-9/h1-6,8,12H,7,14H2,(H2,13,17). The Kier molecular flexibility index (Phi) is 3.20. The topological polar surface area (TPSA) is 86.9 Å². The molecule has 1 atom stereocenters. The Morgan fingerprint density at radius 1 is 1.35 bits per heavy atom. The van der Waals surface area contributed by atoms with Crippen LogP contribution in [0.2, 0.25) is 0 Å². The number of aromatic nitrogens is 2. The van der Waals surface area contributed by atoms with Crippen molar-refractivity contribution in [3.05, 3.63) is 54.1 Å². The van der Waals surface area contributed by atoms with Gasteiger partial charge in [0, 0.05) is 0 Å². The van der Waals surface area contributed by atoms with E-state index in [1.54, 1.807) is 17.1 Å². The fraction of sp³-hybridized carbons (Fsp3) is 0.167. The molecule has 1 amide bonds. The Bertz CT molecular complexity index is 506. The number of imidazole rings is 1. The van der Waals surface area contributed by atoms with E-state index in [-0.39, 0.29) is 12.6 Å². The summed E-state index contributed by atoms with van der Waals surface area (Å²) in [4.78, 5) is 14.9. The van der Waals surface area contributed by atoms with Crippen molar-refractivity contribution in [2.45, 2.75) is 12.6 Å². The normalized spacial score (nSPS) is 12.3. The number of primary amides is 1. The van der Waals surface area contributed by atoms with Crippen LogP contribution in [0.1, 0.15) is 17.3 Å². The number of hydrogen-bond acceptors (Lipinski definition) is 3. The Morgan fingerprint density at radius 2 is 2.06 bits per heavy atom. The lowest BCUT2D eigenvalue weighted by molar-refractivity contribution is -0.118. The van der Waals surface area contributed by atoms with Crippen molar-refractivity contribution in [2.24, 2.45) is 11.5 Å². The smallest absolute Gasteiger partial charge is 0.237 e. The molecule has 2 aromatic rings. The van der Waals surface area contributed by atoms with Crippen LogP contribution >= 0.6 is 0 Å². The van der Waals surface area contributed by atoms with Gasteiger partial charge in [0.15, 0.2) is 0 Å². The highest BCUT2D eigenvalue weighted by Crippen LogP contribution is 2.18. The summed E-state index contributed by atoms with van der Waals surface area (Å²) in [6, 6.07) is 9.33. The Hall–Kier alpha value is -2.14. The van der Waals surface area contributed by atoms with E-state index in [1.165, 1.54) is 0 Å². The Morgan fingerprint density at radius 3 is 2.71 bits per heavy atom. The molecule has 1 aromatic heterocycles. The van der Waals surface area contributed by atoms with Crippen molar-refractivity contribution in [3.8, 4) is 0 Å². The van der Waals surface area contributed by atoms with Gasteiger partial charge in [-0.15, -0.1) is 0 Å². The van der Waals surface area contributed by atoms with Gasteiger partial charge in [-0.2, -0.15) is 0 Å². The maximum absolute atomic E-state index is 10.9. The zero-order valence-corrected chi connectivity index (χ0v) is 9.28. The van der Waals surface area contributed by atoms with E-state index in [0.717, 1.165) is 11.3 Å². The predicted octanol–water partition coefficient (Wildman–Crippen LogP) is 0.416. The van der Waals surface area contributed by atoms with E-state index in [9.17, 15) is 4.79 Å². The van der Waals surface area contributed by atoms with Gasteiger partial charge in [-0.1, -0.05) is 30.3 Å². The number of amides is 1. The van der Waals surface area contributed by atoms with Crippen LogP contribution in [0.15, 0.2) is 42.9 Å². The first kappa shape index (κ1) is 11.3. The van der Waals surface area contributed by atoms with Crippen LogP contribution in [0.4, 0.5) is 0 Å². The first-order valence-electron chi connectivity index (χ1n) is 5.27. The lowest BCUT2D eigenvalue weighted by atomic mass is 10.1. The van der Waals surface area contributed by atoms with Gasteiger partial charge in [-0.3, -0.25) is 4.79 Å². The molecule has 1 unspecified atom stereocenters. The molecule has 1 aromatic carbocycles. The van der Waals surface area contributed by atoms with Gasteiger partial charge in [0.25, 0.3) is 0 Å². The van der Waals surface area contributed by atoms with Gasteiger partial charge < -0.3 is 16.0 Å². The monoisotopic (exact) mass is 230 g/mol. The molecule has 0 fully saturated rings. The molecular formula is C12H14N4O. The molecular weight excluding hydrogens is 216 g/mol. The molecule has 1 heterocycles. The highest BCUT2D eigenvalue weighted by molar-refractivity contribution is 5.73. The Labute approximate surface area is 99.1 Å². The number of rotatable bonds is 4. The van der Waals surface area contributed by atoms with Crippen LogP contribution in [0, 0.1) is 0 Å². The fourth-order valence-electron chi connectivity index (χ4n) is 1.72. The third kappa shape index (κ3) is 2.51. The minimum atomic E-state index is -0.412. The van der Waals surface area contributed by atoms with Gasteiger partial charge in [0.2, 0.25) is 5.91 Å². The number of carbonyl (C=O) groups excluding carboxylic acids is 1. The first-order chi connectivity index (χ1) is 8.18. The molecule has 0 saturated carbocycles. The van der Waals surface area contributed by atoms with Crippen molar-refractivity contribution in [2.75, 3.05) is 0 Å². The predicted molar refractivity (Wildman–Crippen MR) is 63.9 cm³/mol. The summed E-state index contributed by atoms with van der Waals surface area (Å²) < 4.78 is 1.67. The second kappa shape index (κ2) is 4.80. The van der Waals surface area contributed by atoms with E-state index in [0.29, 0.717) is 0 Å². The Balaban J connectivity index is 2.28. The fourth-order valence-corrected chi connectivity index (χ4v) is 1.72. The zero-order valence-electron chi connectivity index (χ0n) is 9.28. The molecule has 0 aliphatic rings. The van der Waals surface area contributed by atoms with Crippen LogP contribution in [0.3, 0.4) is 0 Å². The average molecular weight is 230 g/mol. The van der Waals surface area contributed by atoms with Crippen LogP contribution in [-0.4, -0.2) is 15.5 Å². The van der Waals surface area contributed by atoms with E-state index in [2.05, 4.69) is 4.98 Å². The van der Waals surface area contributed by atoms with Gasteiger partial charge in [0.05, 0.1) is 24.3 Å². The number of hydrogen-bond donors (Lipinski definition) is 2. The second-order valence-corrected chi connectivity index (χ2v) is 3.80. The van der Waals surface area contributed by atoms with E-state index in [4.69, 9.17) is 11.5 Å². The molecule has 88 valence electrons. The molecule has 4 N–H and O–H groups in total. The summed E-state index contributed by atoms with van der Waals surface area (Å²) in [5, 5.41) is 0. The quantitative estimate of drug-likeness (QED) is 0.797. The molecule has 0 bridgehead atoms. The summed E-state index contributed by atoms with van der Waals surface area (Å²) in [6.07, 6.45) is 3.21. The SMILES string of the molecule is NC(=O)Cn1cncc1C(N)c1ccccc1. The van der Waals surface area contributed by atoms with E-state index >= 15 is 0 Å². The van der Waals surface area contributed by atoms with Crippen LogP contribution < -0.4 is 11.5 Å². The molecule has 5 nitrogen and oxygen atoms in total. The summed E-state index contributed by atoms with van der Waals surface area (Å²) >= 11 is 0. The maximum Gasteiger partial charge on any atom is 0.237 e. The van der Waals surface area contributed by atoms with Crippen molar-refractivity contribution in [1.29, 1.82) is 0 Å². The van der Waals surface area contributed by atoms with Crippen LogP contribution in [0.5, 0.6) is 0 Å². The number of nitrogens with zero attached hydrogens (tertiary/aromatic N) is 2. The van der Waals surface area contributed by atoms with Crippen molar-refractivity contribution in [1.82, 2.24) is 9.55 Å². The summed E-state index contributed by atoms with van der Waals surface area (Å²) in [5.74, 6) is -0.412. The average Bonchev–Trinajstić information content (AvgIpc) is 2.76. The molecule has 5 heteroatoms. The third-order valence-corrected chi connectivity index (χ3v) is 2.55. The van der Waals surface area contributed by atoms with Gasteiger partial charge >= 0.3 is 0 Å². The third-order valence-electron chi connectivity index (χ3n) is 2.55. The zero-order chi connectivity index (χ0) is 12.3. The first-order valence-corrected chi connectivity index (χ1v) is 5.27. The summed E-state index contributed by atoms with van der Waals surface area (Å²) in [7, 11) is 0. The highest BCUT2D eigenvalue weighted by atomic mass is 16.1. The largest absolute Gasteiger partial charge is 0.368 e. The highest BCUT2D eigenvalue weighted by Gasteiger charge is 2.14. The summed E-state index contributed by atoms with van der Waals surface area (Å²) in [5.41, 5.74) is 13.0. The van der Waals surface area contributed by atoms with E-state index < -0.39 is 5.91 Å². The van der Waals surface area contributed by atoms with Crippen molar-refractivity contribution in [3.63, 3.8) is 0 Å². The van der Waals surface area contributed by atoms with Crippen molar-refractivity contribution >= 4 is 5.91 Å².